The van der Waals surface area contributed by atoms with E-state index in [1.54, 1.807) is 12.1 Å². The molecule has 1 unspecified atom stereocenters. The van der Waals surface area contributed by atoms with E-state index >= 15 is 0 Å². The van der Waals surface area contributed by atoms with Gasteiger partial charge in [-0.3, -0.25) is 0 Å². The lowest BCUT2D eigenvalue weighted by Gasteiger charge is -2.24. The lowest BCUT2D eigenvalue weighted by Crippen LogP contribution is -2.35. The van der Waals surface area contributed by atoms with E-state index in [1.165, 1.54) is 17.4 Å². The minimum Gasteiger partial charge on any atom is -0.321 e. The van der Waals surface area contributed by atoms with Crippen molar-refractivity contribution in [1.82, 2.24) is 0 Å². The van der Waals surface area contributed by atoms with Gasteiger partial charge >= 0.3 is 0 Å². The van der Waals surface area contributed by atoms with Crippen LogP contribution in [0.5, 0.6) is 0 Å². The molecule has 17 heavy (non-hydrogen) atoms. The van der Waals surface area contributed by atoms with Crippen LogP contribution in [-0.4, -0.2) is 0 Å². The maximum atomic E-state index is 13.6. The summed E-state index contributed by atoms with van der Waals surface area (Å²) in [6, 6.07) is 8.49. The molecular weight excluding hydrogens is 257 g/mol. The van der Waals surface area contributed by atoms with Gasteiger partial charge in [-0.05, 0) is 36.4 Å². The molecule has 2 rings (SSSR count). The van der Waals surface area contributed by atoms with Crippen molar-refractivity contribution >= 4 is 22.9 Å². The monoisotopic (exact) mass is 269 g/mol. The molecule has 0 fully saturated rings. The minimum atomic E-state index is -0.645. The predicted octanol–water partition coefficient (Wildman–Crippen LogP) is 3.96. The largest absolute Gasteiger partial charge is 0.321 e. The van der Waals surface area contributed by atoms with Crippen LogP contribution in [-0.2, 0) is 12.0 Å². The first-order valence-electron chi connectivity index (χ1n) is 5.26. The Balaban J connectivity index is 2.30. The summed E-state index contributed by atoms with van der Waals surface area (Å²) in [6.45, 7) is 1.87. The maximum Gasteiger partial charge on any atom is 0.126 e. The van der Waals surface area contributed by atoms with E-state index in [4.69, 9.17) is 17.3 Å². The molecule has 0 aliphatic carbocycles. The Hall–Kier alpha value is -0.900. The lowest BCUT2D eigenvalue weighted by molar-refractivity contribution is 0.484. The number of nitrogens with two attached hydrogens (primary N) is 1. The summed E-state index contributed by atoms with van der Waals surface area (Å²) < 4.78 is 13.6. The van der Waals surface area contributed by atoms with Gasteiger partial charge in [0.2, 0.25) is 0 Å². The normalized spacial score (nSPS) is 14.6. The number of hydrogen-bond acceptors (Lipinski definition) is 2. The van der Waals surface area contributed by atoms with E-state index in [0.29, 0.717) is 17.0 Å². The average Bonchev–Trinajstić information content (AvgIpc) is 2.68. The molecule has 1 nitrogen and oxygen atoms in total. The predicted molar refractivity (Wildman–Crippen MR) is 71.0 cm³/mol. The Labute approximate surface area is 109 Å². The van der Waals surface area contributed by atoms with Crippen LogP contribution in [0.15, 0.2) is 35.7 Å². The third-order valence-electron chi connectivity index (χ3n) is 2.65. The molecule has 1 atom stereocenters. The molecule has 1 aromatic heterocycles. The zero-order valence-electron chi connectivity index (χ0n) is 9.41. The fourth-order valence-electron chi connectivity index (χ4n) is 1.82. The Kier molecular flexibility index (Phi) is 3.52. The number of hydrogen-bond donors (Lipinski definition) is 1. The third-order valence-corrected chi connectivity index (χ3v) is 4.27. The van der Waals surface area contributed by atoms with Crippen LogP contribution < -0.4 is 5.73 Å². The highest BCUT2D eigenvalue weighted by molar-refractivity contribution is 7.10. The lowest BCUT2D eigenvalue weighted by atomic mass is 9.92. The molecule has 0 aliphatic heterocycles. The topological polar surface area (TPSA) is 26.0 Å². The van der Waals surface area contributed by atoms with Gasteiger partial charge in [-0.25, -0.2) is 4.39 Å². The molecule has 0 saturated heterocycles. The summed E-state index contributed by atoms with van der Waals surface area (Å²) in [5.74, 6) is -0.225. The molecule has 1 heterocycles. The summed E-state index contributed by atoms with van der Waals surface area (Å²) in [7, 11) is 0. The summed E-state index contributed by atoms with van der Waals surface area (Å²) in [5.41, 5.74) is 6.21. The third kappa shape index (κ3) is 2.68. The Morgan fingerprint density at radius 3 is 2.65 bits per heavy atom. The van der Waals surface area contributed by atoms with Crippen LogP contribution in [0.3, 0.4) is 0 Å². The molecule has 0 aliphatic rings. The fraction of sp³-hybridized carbons (Fsp3) is 0.231. The van der Waals surface area contributed by atoms with Crippen molar-refractivity contribution in [3.05, 3.63) is 57.0 Å². The second kappa shape index (κ2) is 4.77. The van der Waals surface area contributed by atoms with Crippen molar-refractivity contribution in [3.8, 4) is 0 Å². The van der Waals surface area contributed by atoms with E-state index in [0.717, 1.165) is 4.88 Å². The first-order chi connectivity index (χ1) is 8.00. The molecular formula is C13H13ClFNS. The van der Waals surface area contributed by atoms with E-state index in [9.17, 15) is 4.39 Å². The van der Waals surface area contributed by atoms with E-state index in [1.807, 2.05) is 24.4 Å². The molecule has 0 spiro atoms. The van der Waals surface area contributed by atoms with Gasteiger partial charge in [0.05, 0.1) is 10.6 Å². The van der Waals surface area contributed by atoms with Crippen molar-refractivity contribution in [2.24, 2.45) is 5.73 Å². The van der Waals surface area contributed by atoms with Gasteiger partial charge in [-0.1, -0.05) is 29.8 Å². The summed E-state index contributed by atoms with van der Waals surface area (Å²) in [6.07, 6.45) is 0.430. The Morgan fingerprint density at radius 1 is 1.35 bits per heavy atom. The van der Waals surface area contributed by atoms with Gasteiger partial charge in [0, 0.05) is 4.88 Å². The second-order valence-corrected chi connectivity index (χ2v) is 5.61. The second-order valence-electron chi connectivity index (χ2n) is 4.28. The summed E-state index contributed by atoms with van der Waals surface area (Å²) in [5, 5.41) is 2.54. The SMILES string of the molecule is CC(N)(Cc1ccccc1F)c1sccc1Cl. The van der Waals surface area contributed by atoms with Gasteiger partial charge in [-0.15, -0.1) is 11.3 Å². The van der Waals surface area contributed by atoms with Crippen LogP contribution in [0.4, 0.5) is 4.39 Å². The Morgan fingerprint density at radius 2 is 2.06 bits per heavy atom. The average molecular weight is 270 g/mol. The molecule has 0 saturated carbocycles. The highest BCUT2D eigenvalue weighted by Crippen LogP contribution is 2.33. The number of rotatable bonds is 3. The van der Waals surface area contributed by atoms with Crippen LogP contribution in [0.1, 0.15) is 17.4 Å². The van der Waals surface area contributed by atoms with Gasteiger partial charge in [-0.2, -0.15) is 0 Å². The standard InChI is InChI=1S/C13H13ClFNS/c1-13(16,12-10(14)6-7-17-12)8-9-4-2-3-5-11(9)15/h2-7H,8,16H2,1H3. The van der Waals surface area contributed by atoms with Gasteiger partial charge in [0.25, 0.3) is 0 Å². The van der Waals surface area contributed by atoms with Crippen molar-refractivity contribution in [2.45, 2.75) is 18.9 Å². The highest BCUT2D eigenvalue weighted by Gasteiger charge is 2.26. The van der Waals surface area contributed by atoms with E-state index in [2.05, 4.69) is 0 Å². The number of benzene rings is 1. The quantitative estimate of drug-likeness (QED) is 0.897. The number of halogens is 2. The fourth-order valence-corrected chi connectivity index (χ4v) is 3.17. The highest BCUT2D eigenvalue weighted by atomic mass is 35.5. The molecule has 4 heteroatoms. The minimum absolute atomic E-state index is 0.225. The van der Waals surface area contributed by atoms with E-state index in [-0.39, 0.29) is 5.82 Å². The smallest absolute Gasteiger partial charge is 0.126 e. The zero-order chi connectivity index (χ0) is 12.5. The van der Waals surface area contributed by atoms with Crippen LogP contribution in [0, 0.1) is 5.82 Å². The molecule has 0 radical (unpaired) electrons. The summed E-state index contributed by atoms with van der Waals surface area (Å²) in [4.78, 5) is 0.891. The first kappa shape index (κ1) is 12.6. The van der Waals surface area contributed by atoms with E-state index < -0.39 is 5.54 Å². The van der Waals surface area contributed by atoms with Gasteiger partial charge in [0.15, 0.2) is 0 Å². The van der Waals surface area contributed by atoms with Crippen molar-refractivity contribution < 1.29 is 4.39 Å². The van der Waals surface area contributed by atoms with Crippen LogP contribution in [0.2, 0.25) is 5.02 Å². The molecule has 1 aromatic carbocycles. The van der Waals surface area contributed by atoms with Gasteiger partial charge in [0.1, 0.15) is 5.82 Å². The number of thiophene rings is 1. The summed E-state index contributed by atoms with van der Waals surface area (Å²) >= 11 is 7.57. The van der Waals surface area contributed by atoms with Crippen molar-refractivity contribution in [3.63, 3.8) is 0 Å². The Bertz CT molecular complexity index is 522. The maximum absolute atomic E-state index is 13.6. The molecule has 0 amide bonds. The van der Waals surface area contributed by atoms with Crippen LogP contribution >= 0.6 is 22.9 Å². The van der Waals surface area contributed by atoms with Crippen molar-refractivity contribution in [2.75, 3.05) is 0 Å². The molecule has 2 aromatic rings. The van der Waals surface area contributed by atoms with Crippen molar-refractivity contribution in [1.29, 1.82) is 0 Å². The first-order valence-corrected chi connectivity index (χ1v) is 6.52. The zero-order valence-corrected chi connectivity index (χ0v) is 11.0. The van der Waals surface area contributed by atoms with Crippen LogP contribution in [0.25, 0.3) is 0 Å². The molecule has 90 valence electrons. The molecule has 0 bridgehead atoms. The van der Waals surface area contributed by atoms with Gasteiger partial charge < -0.3 is 5.73 Å². The molecule has 2 N–H and O–H groups in total.